The van der Waals surface area contributed by atoms with Crippen LogP contribution in [0, 0.1) is 20.2 Å². The lowest BCUT2D eigenvalue weighted by Crippen LogP contribution is -2.02. The first-order valence-electron chi connectivity index (χ1n) is 4.19. The van der Waals surface area contributed by atoms with Gasteiger partial charge in [0.1, 0.15) is 0 Å². The average Bonchev–Trinajstić information content (AvgIpc) is 2.18. The maximum Gasteiger partial charge on any atom is 0.318 e. The van der Waals surface area contributed by atoms with Crippen LogP contribution < -0.4 is 0 Å². The van der Waals surface area contributed by atoms with Gasteiger partial charge in [-0.2, -0.15) is 0 Å². The summed E-state index contributed by atoms with van der Waals surface area (Å²) in [5.41, 5.74) is -1.92. The molecule has 1 aromatic rings. The number of hydrogen-bond acceptors (Lipinski definition) is 6. The zero-order chi connectivity index (χ0) is 13.2. The van der Waals surface area contributed by atoms with Gasteiger partial charge in [0, 0.05) is 12.1 Å². The monoisotopic (exact) mass is 242 g/mol. The van der Waals surface area contributed by atoms with E-state index in [0.29, 0.717) is 0 Å². The molecule has 0 amide bonds. The average molecular weight is 242 g/mol. The van der Waals surface area contributed by atoms with Crippen molar-refractivity contribution in [3.63, 3.8) is 0 Å². The highest BCUT2D eigenvalue weighted by atomic mass is 16.6. The van der Waals surface area contributed by atoms with Crippen LogP contribution in [0.4, 0.5) is 11.4 Å². The Balaban J connectivity index is 3.41. The Bertz CT molecular complexity index is 476. The van der Waals surface area contributed by atoms with Crippen molar-refractivity contribution in [2.24, 2.45) is 0 Å². The summed E-state index contributed by atoms with van der Waals surface area (Å²) in [5.74, 6) is -2.38. The molecule has 0 bridgehead atoms. The Kier molecular flexibility index (Phi) is 3.22. The van der Waals surface area contributed by atoms with Crippen LogP contribution in [-0.4, -0.2) is 26.0 Å². The highest BCUT2D eigenvalue weighted by molar-refractivity contribution is 5.72. The molecular weight excluding hydrogens is 236 g/mol. The largest absolute Gasteiger partial charge is 0.497 e. The molecule has 0 aliphatic rings. The van der Waals surface area contributed by atoms with Gasteiger partial charge in [0.25, 0.3) is 5.75 Å². The molecule has 0 spiro atoms. The van der Waals surface area contributed by atoms with Gasteiger partial charge in [0.05, 0.1) is 16.3 Å². The maximum absolute atomic E-state index is 10.5. The lowest BCUT2D eigenvalue weighted by molar-refractivity contribution is -0.396. The predicted octanol–water partition coefficient (Wildman–Crippen LogP) is 0.836. The number of nitro groups is 2. The number of carboxylic acid groups (broad SMARTS) is 1. The molecule has 0 heterocycles. The number of aromatic hydroxyl groups is 1. The van der Waals surface area contributed by atoms with Gasteiger partial charge in [-0.05, 0) is 5.56 Å². The van der Waals surface area contributed by atoms with E-state index in [1.807, 2.05) is 0 Å². The number of aliphatic carboxylic acids is 1. The van der Waals surface area contributed by atoms with Crippen molar-refractivity contribution in [1.29, 1.82) is 0 Å². The van der Waals surface area contributed by atoms with Gasteiger partial charge in [0.15, 0.2) is 0 Å². The molecule has 0 aliphatic carbocycles. The van der Waals surface area contributed by atoms with E-state index < -0.39 is 39.4 Å². The van der Waals surface area contributed by atoms with Crippen molar-refractivity contribution in [3.8, 4) is 5.75 Å². The van der Waals surface area contributed by atoms with Crippen molar-refractivity contribution in [2.45, 2.75) is 6.42 Å². The first-order valence-corrected chi connectivity index (χ1v) is 4.19. The van der Waals surface area contributed by atoms with E-state index in [9.17, 15) is 30.1 Å². The minimum Gasteiger partial charge on any atom is -0.497 e. The number of nitro benzene ring substituents is 2. The van der Waals surface area contributed by atoms with E-state index in [2.05, 4.69) is 0 Å². The molecule has 9 nitrogen and oxygen atoms in total. The second kappa shape index (κ2) is 4.43. The number of rotatable bonds is 4. The van der Waals surface area contributed by atoms with E-state index in [4.69, 9.17) is 5.11 Å². The first-order chi connectivity index (χ1) is 7.82. The summed E-state index contributed by atoms with van der Waals surface area (Å²) in [6.45, 7) is 0. The summed E-state index contributed by atoms with van der Waals surface area (Å²) in [5, 5.41) is 38.8. The predicted molar refractivity (Wildman–Crippen MR) is 52.8 cm³/mol. The molecule has 17 heavy (non-hydrogen) atoms. The van der Waals surface area contributed by atoms with Crippen LogP contribution >= 0.6 is 0 Å². The number of carboxylic acids is 1. The van der Waals surface area contributed by atoms with Crippen molar-refractivity contribution in [1.82, 2.24) is 0 Å². The Morgan fingerprint density at radius 1 is 1.18 bits per heavy atom. The molecule has 0 fully saturated rings. The lowest BCUT2D eigenvalue weighted by atomic mass is 10.1. The standard InChI is InChI=1S/C8H6N2O7/c11-7(12)3-4-1-5(9(14)15)8(13)6(2-4)10(16)17/h1-2,13H,3H2,(H,11,12). The van der Waals surface area contributed by atoms with Crippen LogP contribution in [0.25, 0.3) is 0 Å². The summed E-state index contributed by atoms with van der Waals surface area (Å²) >= 11 is 0. The third-order valence-corrected chi connectivity index (χ3v) is 1.88. The second-order valence-electron chi connectivity index (χ2n) is 3.07. The van der Waals surface area contributed by atoms with Gasteiger partial charge in [-0.15, -0.1) is 0 Å². The Labute approximate surface area is 93.2 Å². The first kappa shape index (κ1) is 12.4. The molecule has 2 N–H and O–H groups in total. The highest BCUT2D eigenvalue weighted by Gasteiger charge is 2.26. The molecule has 0 unspecified atom stereocenters. The number of carbonyl (C=O) groups is 1. The van der Waals surface area contributed by atoms with Crippen molar-refractivity contribution in [3.05, 3.63) is 37.9 Å². The van der Waals surface area contributed by atoms with E-state index in [-0.39, 0.29) is 5.56 Å². The maximum atomic E-state index is 10.5. The zero-order valence-electron chi connectivity index (χ0n) is 8.19. The molecule has 1 rings (SSSR count). The van der Waals surface area contributed by atoms with Crippen LogP contribution in [0.2, 0.25) is 0 Å². The number of nitrogens with zero attached hydrogens (tertiary/aromatic N) is 2. The topological polar surface area (TPSA) is 144 Å². The van der Waals surface area contributed by atoms with E-state index in [0.717, 1.165) is 12.1 Å². The molecule has 0 radical (unpaired) electrons. The van der Waals surface area contributed by atoms with Crippen LogP contribution in [0.5, 0.6) is 5.75 Å². The molecule has 1 aromatic carbocycles. The third-order valence-electron chi connectivity index (χ3n) is 1.88. The highest BCUT2D eigenvalue weighted by Crippen LogP contribution is 2.36. The fourth-order valence-corrected chi connectivity index (χ4v) is 1.22. The Morgan fingerprint density at radius 2 is 1.59 bits per heavy atom. The number of hydrogen-bond donors (Lipinski definition) is 2. The quantitative estimate of drug-likeness (QED) is 0.587. The van der Waals surface area contributed by atoms with E-state index in [1.54, 1.807) is 0 Å². The smallest absolute Gasteiger partial charge is 0.318 e. The summed E-state index contributed by atoms with van der Waals surface area (Å²) < 4.78 is 0. The lowest BCUT2D eigenvalue weighted by Gasteiger charge is -2.01. The van der Waals surface area contributed by atoms with Gasteiger partial charge in [-0.25, -0.2) is 0 Å². The third kappa shape index (κ3) is 2.65. The zero-order valence-corrected chi connectivity index (χ0v) is 8.19. The van der Waals surface area contributed by atoms with Crippen LogP contribution in [0.1, 0.15) is 5.56 Å². The molecule has 0 atom stereocenters. The van der Waals surface area contributed by atoms with Crippen molar-refractivity contribution < 1.29 is 24.9 Å². The van der Waals surface area contributed by atoms with Crippen LogP contribution in [0.15, 0.2) is 12.1 Å². The van der Waals surface area contributed by atoms with Crippen LogP contribution in [0.3, 0.4) is 0 Å². The summed E-state index contributed by atoms with van der Waals surface area (Å²) in [7, 11) is 0. The number of benzene rings is 1. The molecule has 90 valence electrons. The Hall–Kier alpha value is -2.71. The number of phenolic OH excluding ortho intramolecular Hbond substituents is 1. The van der Waals surface area contributed by atoms with Gasteiger partial charge >= 0.3 is 17.3 Å². The van der Waals surface area contributed by atoms with E-state index in [1.165, 1.54) is 0 Å². The molecule has 0 saturated carbocycles. The number of phenols is 1. The van der Waals surface area contributed by atoms with Crippen molar-refractivity contribution in [2.75, 3.05) is 0 Å². The molecule has 0 aliphatic heterocycles. The molecule has 9 heteroatoms. The van der Waals surface area contributed by atoms with Gasteiger partial charge in [-0.1, -0.05) is 0 Å². The summed E-state index contributed by atoms with van der Waals surface area (Å²) in [6, 6.07) is 1.58. The summed E-state index contributed by atoms with van der Waals surface area (Å²) in [6.07, 6.45) is -0.609. The second-order valence-corrected chi connectivity index (χ2v) is 3.07. The van der Waals surface area contributed by atoms with E-state index >= 15 is 0 Å². The Morgan fingerprint density at radius 3 is 1.88 bits per heavy atom. The molecular formula is C8H6N2O7. The van der Waals surface area contributed by atoms with Gasteiger partial charge < -0.3 is 10.2 Å². The normalized spacial score (nSPS) is 9.88. The van der Waals surface area contributed by atoms with Crippen LogP contribution in [-0.2, 0) is 11.2 Å². The van der Waals surface area contributed by atoms with Gasteiger partial charge in [-0.3, -0.25) is 25.0 Å². The minimum absolute atomic E-state index is 0.131. The summed E-state index contributed by atoms with van der Waals surface area (Å²) in [4.78, 5) is 29.4. The molecule has 0 saturated heterocycles. The fraction of sp³-hybridized carbons (Fsp3) is 0.125. The molecule has 0 aromatic heterocycles. The minimum atomic E-state index is -1.29. The SMILES string of the molecule is O=C(O)Cc1cc([N+](=O)[O-])c(O)c([N+](=O)[O-])c1. The van der Waals surface area contributed by atoms with Gasteiger partial charge in [0.2, 0.25) is 0 Å². The van der Waals surface area contributed by atoms with Crippen molar-refractivity contribution >= 4 is 17.3 Å². The fourth-order valence-electron chi connectivity index (χ4n) is 1.22.